The average molecular weight is 451 g/mol. The monoisotopic (exact) mass is 450 g/mol. The first-order chi connectivity index (χ1) is 15.3. The third-order valence-corrected chi connectivity index (χ3v) is 6.97. The number of rotatable bonds is 9. The minimum absolute atomic E-state index is 0.148. The maximum absolute atomic E-state index is 13.4. The molecule has 0 aliphatic rings. The van der Waals surface area contributed by atoms with Crippen LogP contribution in [0.15, 0.2) is 89.8 Å². The summed E-state index contributed by atoms with van der Waals surface area (Å²) in [5.41, 5.74) is 2.47. The number of sulfonamides is 1. The molecule has 1 N–H and O–H groups in total. The highest BCUT2D eigenvalue weighted by Gasteiger charge is 2.28. The normalized spacial score (nSPS) is 12.4. The highest BCUT2D eigenvalue weighted by Crippen LogP contribution is 2.25. The van der Waals surface area contributed by atoms with E-state index in [-0.39, 0.29) is 23.4 Å². The fraction of sp³-hybridized carbons (Fsp3) is 0.269. The molecule has 0 saturated carbocycles. The van der Waals surface area contributed by atoms with Gasteiger partial charge in [-0.15, -0.1) is 0 Å². The van der Waals surface area contributed by atoms with Gasteiger partial charge in [-0.1, -0.05) is 80.1 Å². The Morgan fingerprint density at radius 3 is 2.00 bits per heavy atom. The minimum Gasteiger partial charge on any atom is -0.348 e. The molecule has 6 heteroatoms. The Hall–Kier alpha value is -3.12. The van der Waals surface area contributed by atoms with E-state index in [0.29, 0.717) is 11.6 Å². The van der Waals surface area contributed by atoms with E-state index >= 15 is 0 Å². The second-order valence-electron chi connectivity index (χ2n) is 8.32. The molecule has 5 nitrogen and oxygen atoms in total. The molecule has 0 fully saturated rings. The molecule has 0 heterocycles. The molecule has 0 bridgehead atoms. The molecule has 3 aromatic carbocycles. The molecule has 3 aromatic rings. The number of carbonyl (C=O) groups is 1. The Labute approximate surface area is 191 Å². The molecule has 0 aliphatic carbocycles. The molecule has 168 valence electrons. The Balaban J connectivity index is 1.90. The van der Waals surface area contributed by atoms with E-state index in [9.17, 15) is 13.2 Å². The molecule has 0 saturated heterocycles. The maximum atomic E-state index is 13.4. The van der Waals surface area contributed by atoms with Crippen molar-refractivity contribution >= 4 is 21.6 Å². The van der Waals surface area contributed by atoms with Crippen molar-refractivity contribution in [1.29, 1.82) is 0 Å². The SMILES string of the molecule is Cc1ccc(N(CC(=O)N[C@@H](CC(C)C)c2ccccc2)S(=O)(=O)c2ccccc2)cc1. The van der Waals surface area contributed by atoms with Crippen LogP contribution in [0.1, 0.15) is 37.4 Å². The van der Waals surface area contributed by atoms with Gasteiger partial charge in [0.15, 0.2) is 0 Å². The van der Waals surface area contributed by atoms with Crippen molar-refractivity contribution in [3.05, 3.63) is 96.1 Å². The van der Waals surface area contributed by atoms with Crippen LogP contribution in [0.2, 0.25) is 0 Å². The van der Waals surface area contributed by atoms with Crippen molar-refractivity contribution in [2.75, 3.05) is 10.8 Å². The number of aryl methyl sites for hydroxylation is 1. The summed E-state index contributed by atoms with van der Waals surface area (Å²) in [5.74, 6) is 0.0151. The van der Waals surface area contributed by atoms with E-state index in [0.717, 1.165) is 17.5 Å². The molecule has 0 spiro atoms. The number of amides is 1. The van der Waals surface area contributed by atoms with E-state index in [1.54, 1.807) is 42.5 Å². The van der Waals surface area contributed by atoms with Crippen LogP contribution < -0.4 is 9.62 Å². The lowest BCUT2D eigenvalue weighted by atomic mass is 9.97. The maximum Gasteiger partial charge on any atom is 0.264 e. The van der Waals surface area contributed by atoms with Gasteiger partial charge in [-0.05, 0) is 49.1 Å². The summed E-state index contributed by atoms with van der Waals surface area (Å²) in [7, 11) is -3.91. The van der Waals surface area contributed by atoms with E-state index < -0.39 is 10.0 Å². The van der Waals surface area contributed by atoms with Gasteiger partial charge in [-0.2, -0.15) is 0 Å². The number of hydrogen-bond acceptors (Lipinski definition) is 3. The van der Waals surface area contributed by atoms with Crippen LogP contribution in [-0.4, -0.2) is 20.9 Å². The standard InChI is InChI=1S/C26H30N2O3S/c1-20(2)18-25(22-10-6-4-7-11-22)27-26(29)19-28(23-16-14-21(3)15-17-23)32(30,31)24-12-8-5-9-13-24/h4-17,20,25H,18-19H2,1-3H3,(H,27,29)/t25-/m0/s1. The van der Waals surface area contributed by atoms with E-state index in [4.69, 9.17) is 0 Å². The van der Waals surface area contributed by atoms with Crippen LogP contribution in [0.25, 0.3) is 0 Å². The van der Waals surface area contributed by atoms with Crippen LogP contribution >= 0.6 is 0 Å². The Morgan fingerprint density at radius 2 is 1.44 bits per heavy atom. The van der Waals surface area contributed by atoms with Gasteiger partial charge in [0.25, 0.3) is 10.0 Å². The first kappa shape index (κ1) is 23.5. The van der Waals surface area contributed by atoms with Gasteiger partial charge in [0, 0.05) is 0 Å². The quantitative estimate of drug-likeness (QED) is 0.494. The van der Waals surface area contributed by atoms with Crippen molar-refractivity contribution in [2.45, 2.75) is 38.1 Å². The van der Waals surface area contributed by atoms with Crippen LogP contribution in [0, 0.1) is 12.8 Å². The molecule has 0 aliphatic heterocycles. The zero-order chi connectivity index (χ0) is 23.1. The van der Waals surface area contributed by atoms with Crippen molar-refractivity contribution in [3.63, 3.8) is 0 Å². The van der Waals surface area contributed by atoms with Gasteiger partial charge < -0.3 is 5.32 Å². The summed E-state index contributed by atoms with van der Waals surface area (Å²) in [6, 6.07) is 24.9. The Kier molecular flexibility index (Phi) is 7.70. The highest BCUT2D eigenvalue weighted by atomic mass is 32.2. The van der Waals surface area contributed by atoms with Crippen LogP contribution in [0.3, 0.4) is 0 Å². The highest BCUT2D eigenvalue weighted by molar-refractivity contribution is 7.92. The average Bonchev–Trinajstić information content (AvgIpc) is 2.78. The van der Waals surface area contributed by atoms with Crippen LogP contribution in [-0.2, 0) is 14.8 Å². The second-order valence-corrected chi connectivity index (χ2v) is 10.2. The Morgan fingerprint density at radius 1 is 0.875 bits per heavy atom. The van der Waals surface area contributed by atoms with Gasteiger partial charge in [0.1, 0.15) is 6.54 Å². The molecular weight excluding hydrogens is 420 g/mol. The third-order valence-electron chi connectivity index (χ3n) is 5.18. The molecule has 1 atom stereocenters. The Bertz CT molecular complexity index is 1110. The topological polar surface area (TPSA) is 66.5 Å². The minimum atomic E-state index is -3.91. The zero-order valence-corrected chi connectivity index (χ0v) is 19.5. The summed E-state index contributed by atoms with van der Waals surface area (Å²) >= 11 is 0. The molecule has 3 rings (SSSR count). The second kappa shape index (κ2) is 10.5. The summed E-state index contributed by atoms with van der Waals surface area (Å²) < 4.78 is 28.0. The number of anilines is 1. The molecule has 0 radical (unpaired) electrons. The molecule has 1 amide bonds. The summed E-state index contributed by atoms with van der Waals surface area (Å²) in [4.78, 5) is 13.3. The molecule has 0 unspecified atom stereocenters. The van der Waals surface area contributed by atoms with Gasteiger partial charge in [-0.3, -0.25) is 9.10 Å². The van der Waals surface area contributed by atoms with Crippen molar-refractivity contribution in [1.82, 2.24) is 5.32 Å². The van der Waals surface area contributed by atoms with E-state index in [1.165, 1.54) is 4.31 Å². The number of nitrogens with one attached hydrogen (secondary N) is 1. The van der Waals surface area contributed by atoms with Crippen molar-refractivity contribution in [2.24, 2.45) is 5.92 Å². The third kappa shape index (κ3) is 5.98. The summed E-state index contributed by atoms with van der Waals surface area (Å²) in [6.07, 6.45) is 0.756. The fourth-order valence-electron chi connectivity index (χ4n) is 3.55. The largest absolute Gasteiger partial charge is 0.348 e. The fourth-order valence-corrected chi connectivity index (χ4v) is 4.99. The van der Waals surface area contributed by atoms with E-state index in [2.05, 4.69) is 19.2 Å². The number of nitrogens with zero attached hydrogens (tertiary/aromatic N) is 1. The van der Waals surface area contributed by atoms with Gasteiger partial charge in [-0.25, -0.2) is 8.42 Å². The molecular formula is C26H30N2O3S. The van der Waals surface area contributed by atoms with Gasteiger partial charge >= 0.3 is 0 Å². The van der Waals surface area contributed by atoms with E-state index in [1.807, 2.05) is 49.4 Å². The van der Waals surface area contributed by atoms with Crippen molar-refractivity contribution < 1.29 is 13.2 Å². The number of hydrogen-bond donors (Lipinski definition) is 1. The predicted molar refractivity (Wildman–Crippen MR) is 129 cm³/mol. The number of benzene rings is 3. The molecule has 32 heavy (non-hydrogen) atoms. The summed E-state index contributed by atoms with van der Waals surface area (Å²) in [6.45, 7) is 5.83. The first-order valence-corrected chi connectivity index (χ1v) is 12.2. The predicted octanol–water partition coefficient (Wildman–Crippen LogP) is 5.09. The smallest absolute Gasteiger partial charge is 0.264 e. The van der Waals surface area contributed by atoms with Crippen LogP contribution in [0.5, 0.6) is 0 Å². The van der Waals surface area contributed by atoms with Crippen molar-refractivity contribution in [3.8, 4) is 0 Å². The lowest BCUT2D eigenvalue weighted by Crippen LogP contribution is -2.42. The summed E-state index contributed by atoms with van der Waals surface area (Å²) in [5, 5.41) is 3.05. The number of carbonyl (C=O) groups excluding carboxylic acids is 1. The van der Waals surface area contributed by atoms with Gasteiger partial charge in [0.2, 0.25) is 5.91 Å². The molecule has 0 aromatic heterocycles. The first-order valence-electron chi connectivity index (χ1n) is 10.8. The van der Waals surface area contributed by atoms with Crippen LogP contribution in [0.4, 0.5) is 5.69 Å². The van der Waals surface area contributed by atoms with Gasteiger partial charge in [0.05, 0.1) is 16.6 Å². The lowest BCUT2D eigenvalue weighted by Gasteiger charge is -2.26. The lowest BCUT2D eigenvalue weighted by molar-refractivity contribution is -0.120. The zero-order valence-electron chi connectivity index (χ0n) is 18.7.